The van der Waals surface area contributed by atoms with Crippen LogP contribution in [-0.4, -0.2) is 45.1 Å². The van der Waals surface area contributed by atoms with Gasteiger partial charge in [0.2, 0.25) is 10.0 Å². The first kappa shape index (κ1) is 19.0. The van der Waals surface area contributed by atoms with Crippen LogP contribution >= 0.6 is 11.6 Å². The molecular formula is C15H22ClN3O4S. The highest BCUT2D eigenvalue weighted by Gasteiger charge is 2.24. The van der Waals surface area contributed by atoms with E-state index in [1.165, 1.54) is 18.2 Å². The Balaban J connectivity index is 2.06. The molecule has 134 valence electrons. The van der Waals surface area contributed by atoms with E-state index in [0.717, 1.165) is 19.3 Å². The van der Waals surface area contributed by atoms with Crippen LogP contribution in [0.4, 0.5) is 10.5 Å². The minimum absolute atomic E-state index is 0.0238. The molecule has 2 rings (SSSR count). The van der Waals surface area contributed by atoms with Crippen LogP contribution in [0.3, 0.4) is 0 Å². The average molecular weight is 376 g/mol. The maximum atomic E-state index is 12.4. The summed E-state index contributed by atoms with van der Waals surface area (Å²) < 4.78 is 28.6. The van der Waals surface area contributed by atoms with E-state index < -0.39 is 10.0 Å². The normalized spacial score (nSPS) is 18.5. The van der Waals surface area contributed by atoms with Crippen molar-refractivity contribution >= 4 is 33.3 Å². The Morgan fingerprint density at radius 1 is 1.50 bits per heavy atom. The Labute approximate surface area is 147 Å². The van der Waals surface area contributed by atoms with Crippen LogP contribution in [0.1, 0.15) is 26.2 Å². The van der Waals surface area contributed by atoms with Gasteiger partial charge in [-0.2, -0.15) is 0 Å². The van der Waals surface area contributed by atoms with Gasteiger partial charge in [-0.3, -0.25) is 0 Å². The van der Waals surface area contributed by atoms with Crippen LogP contribution in [-0.2, 0) is 14.8 Å². The summed E-state index contributed by atoms with van der Waals surface area (Å²) in [6, 6.07) is 3.60. The molecule has 0 aromatic heterocycles. The number of likely N-dealkylation sites (tertiary alicyclic amines) is 1. The lowest BCUT2D eigenvalue weighted by molar-refractivity contribution is 0.0115. The average Bonchev–Trinajstić information content (AvgIpc) is 2.54. The number of benzene rings is 1. The molecule has 1 atom stereocenters. The summed E-state index contributed by atoms with van der Waals surface area (Å²) in [5.41, 5.74) is 0.213. The highest BCUT2D eigenvalue weighted by Crippen LogP contribution is 2.25. The molecule has 1 aliphatic rings. The van der Waals surface area contributed by atoms with Gasteiger partial charge in [0.1, 0.15) is 0 Å². The van der Waals surface area contributed by atoms with E-state index in [-0.39, 0.29) is 27.7 Å². The molecule has 0 saturated carbocycles. The van der Waals surface area contributed by atoms with Crippen LogP contribution in [0.5, 0.6) is 0 Å². The van der Waals surface area contributed by atoms with E-state index in [0.29, 0.717) is 19.7 Å². The van der Waals surface area contributed by atoms with Crippen LogP contribution in [0, 0.1) is 0 Å². The number of halogens is 1. The molecule has 9 heteroatoms. The first-order valence-corrected chi connectivity index (χ1v) is 9.73. The number of hydrogen-bond donors (Lipinski definition) is 2. The predicted molar refractivity (Wildman–Crippen MR) is 92.7 cm³/mol. The molecule has 1 saturated heterocycles. The molecule has 1 aliphatic heterocycles. The van der Waals surface area contributed by atoms with E-state index in [2.05, 4.69) is 5.32 Å². The number of ether oxygens (including phenoxy) is 1. The third-order valence-corrected chi connectivity index (χ3v) is 4.97. The molecule has 0 radical (unpaired) electrons. The van der Waals surface area contributed by atoms with Gasteiger partial charge in [0.15, 0.2) is 0 Å². The van der Waals surface area contributed by atoms with Gasteiger partial charge in [0.05, 0.1) is 21.7 Å². The summed E-state index contributed by atoms with van der Waals surface area (Å²) in [7, 11) is -3.87. The first-order chi connectivity index (χ1) is 11.3. The van der Waals surface area contributed by atoms with Crippen LogP contribution in [0.2, 0.25) is 5.02 Å². The molecule has 1 fully saturated rings. The number of urea groups is 1. The molecule has 3 N–H and O–H groups in total. The van der Waals surface area contributed by atoms with Gasteiger partial charge in [0.25, 0.3) is 0 Å². The molecule has 0 bridgehead atoms. The number of rotatable bonds is 5. The number of nitrogens with zero attached hydrogens (tertiary/aromatic N) is 1. The molecular weight excluding hydrogens is 354 g/mol. The minimum Gasteiger partial charge on any atom is -0.376 e. The number of nitrogens with one attached hydrogen (secondary N) is 1. The summed E-state index contributed by atoms with van der Waals surface area (Å²) >= 11 is 6.03. The fourth-order valence-electron chi connectivity index (χ4n) is 2.51. The van der Waals surface area contributed by atoms with Crippen molar-refractivity contribution in [1.29, 1.82) is 0 Å². The number of carbonyl (C=O) groups is 1. The largest absolute Gasteiger partial charge is 0.376 e. The van der Waals surface area contributed by atoms with Gasteiger partial charge in [-0.25, -0.2) is 18.4 Å². The molecule has 1 aromatic carbocycles. The van der Waals surface area contributed by atoms with Crippen molar-refractivity contribution in [3.05, 3.63) is 23.2 Å². The highest BCUT2D eigenvalue weighted by molar-refractivity contribution is 7.89. The molecule has 0 spiro atoms. The second kappa shape index (κ2) is 8.15. The first-order valence-electron chi connectivity index (χ1n) is 7.81. The number of hydrogen-bond acceptors (Lipinski definition) is 4. The molecule has 1 unspecified atom stereocenters. The smallest absolute Gasteiger partial charge is 0.321 e. The van der Waals surface area contributed by atoms with E-state index in [1.54, 1.807) is 4.90 Å². The van der Waals surface area contributed by atoms with Gasteiger partial charge in [-0.05, 0) is 37.5 Å². The summed E-state index contributed by atoms with van der Waals surface area (Å²) in [4.78, 5) is 14.0. The lowest BCUT2D eigenvalue weighted by Gasteiger charge is -2.32. The number of piperidine rings is 1. The lowest BCUT2D eigenvalue weighted by atomic mass is 10.1. The zero-order chi connectivity index (χ0) is 17.7. The highest BCUT2D eigenvalue weighted by atomic mass is 35.5. The lowest BCUT2D eigenvalue weighted by Crippen LogP contribution is -2.45. The van der Waals surface area contributed by atoms with Crippen molar-refractivity contribution in [2.45, 2.75) is 37.2 Å². The molecule has 7 nitrogen and oxygen atoms in total. The second-order valence-electron chi connectivity index (χ2n) is 5.70. The Morgan fingerprint density at radius 3 is 2.92 bits per heavy atom. The van der Waals surface area contributed by atoms with Crippen LogP contribution < -0.4 is 10.5 Å². The third-order valence-electron chi connectivity index (χ3n) is 3.73. The minimum atomic E-state index is -3.87. The van der Waals surface area contributed by atoms with Crippen LogP contribution in [0.15, 0.2) is 23.1 Å². The standard InChI is InChI=1S/C15H22ClN3O4S/c1-2-8-23-11-4-3-7-19(10-11)15(20)18-14-9-12(24(17,21)22)5-6-13(14)16/h5-6,9,11H,2-4,7-8,10H2,1H3,(H,18,20)(H2,17,21,22). The summed E-state index contributed by atoms with van der Waals surface area (Å²) in [5.74, 6) is 0. The maximum Gasteiger partial charge on any atom is 0.321 e. The van der Waals surface area contributed by atoms with Gasteiger partial charge >= 0.3 is 6.03 Å². The van der Waals surface area contributed by atoms with E-state index in [9.17, 15) is 13.2 Å². The Hall–Kier alpha value is -1.35. The monoisotopic (exact) mass is 375 g/mol. The number of nitrogens with two attached hydrogens (primary N) is 1. The quantitative estimate of drug-likeness (QED) is 0.824. The third kappa shape index (κ3) is 5.07. The molecule has 0 aliphatic carbocycles. The summed E-state index contributed by atoms with van der Waals surface area (Å²) in [6.45, 7) is 3.82. The molecule has 24 heavy (non-hydrogen) atoms. The second-order valence-corrected chi connectivity index (χ2v) is 7.67. The van der Waals surface area contributed by atoms with E-state index >= 15 is 0 Å². The summed E-state index contributed by atoms with van der Waals surface area (Å²) in [6.07, 6.45) is 2.73. The van der Waals surface area contributed by atoms with Gasteiger partial charge < -0.3 is 15.0 Å². The Bertz CT molecular complexity index is 696. The fourth-order valence-corrected chi connectivity index (χ4v) is 3.22. The van der Waals surface area contributed by atoms with Crippen molar-refractivity contribution in [2.75, 3.05) is 25.0 Å². The molecule has 1 aromatic rings. The van der Waals surface area contributed by atoms with Crippen LogP contribution in [0.25, 0.3) is 0 Å². The van der Waals surface area contributed by atoms with Gasteiger partial charge in [0, 0.05) is 19.7 Å². The number of anilines is 1. The van der Waals surface area contributed by atoms with E-state index in [4.69, 9.17) is 21.5 Å². The SMILES string of the molecule is CCCOC1CCCN(C(=O)Nc2cc(S(N)(=O)=O)ccc2Cl)C1. The van der Waals surface area contributed by atoms with Crippen molar-refractivity contribution in [3.8, 4) is 0 Å². The maximum absolute atomic E-state index is 12.4. The van der Waals surface area contributed by atoms with E-state index in [1.807, 2.05) is 6.92 Å². The predicted octanol–water partition coefficient (Wildman–Crippen LogP) is 2.41. The van der Waals surface area contributed by atoms with Crippen molar-refractivity contribution in [1.82, 2.24) is 4.90 Å². The Kier molecular flexibility index (Phi) is 6.45. The topological polar surface area (TPSA) is 102 Å². The fraction of sp³-hybridized carbons (Fsp3) is 0.533. The molecule has 2 amide bonds. The number of sulfonamides is 1. The zero-order valence-electron chi connectivity index (χ0n) is 13.5. The molecule has 1 heterocycles. The van der Waals surface area contributed by atoms with Crippen molar-refractivity contribution in [2.24, 2.45) is 5.14 Å². The number of primary sulfonamides is 1. The van der Waals surface area contributed by atoms with Gasteiger partial charge in [-0.1, -0.05) is 18.5 Å². The summed E-state index contributed by atoms with van der Waals surface area (Å²) in [5, 5.41) is 7.99. The van der Waals surface area contributed by atoms with Crippen molar-refractivity contribution in [3.63, 3.8) is 0 Å². The number of carbonyl (C=O) groups excluding carboxylic acids is 1. The number of amides is 2. The Morgan fingerprint density at radius 2 is 2.25 bits per heavy atom. The zero-order valence-corrected chi connectivity index (χ0v) is 15.1. The van der Waals surface area contributed by atoms with Gasteiger partial charge in [-0.15, -0.1) is 0 Å². The van der Waals surface area contributed by atoms with Crippen molar-refractivity contribution < 1.29 is 17.9 Å².